The van der Waals surface area contributed by atoms with Crippen LogP contribution in [0.4, 0.5) is 11.4 Å². The Kier molecular flexibility index (Phi) is 4.15. The Morgan fingerprint density at radius 1 is 1.24 bits per heavy atom. The minimum Gasteiger partial charge on any atom is -0.375 e. The normalized spacial score (nSPS) is 11.1. The van der Waals surface area contributed by atoms with Gasteiger partial charge in [-0.05, 0) is 29.8 Å². The van der Waals surface area contributed by atoms with Crippen LogP contribution in [0.2, 0.25) is 0 Å². The number of pyridine rings is 1. The molecule has 0 aliphatic rings. The summed E-state index contributed by atoms with van der Waals surface area (Å²) in [6.45, 7) is 0.345. The second-order valence-corrected chi connectivity index (χ2v) is 5.75. The molecular formula is C12H12N4O4S. The molecule has 3 N–H and O–H groups in total. The molecule has 0 aliphatic heterocycles. The summed E-state index contributed by atoms with van der Waals surface area (Å²) in [5.74, 6) is 0. The summed E-state index contributed by atoms with van der Waals surface area (Å²) >= 11 is 0. The largest absolute Gasteiger partial charge is 0.375 e. The molecule has 1 heterocycles. The van der Waals surface area contributed by atoms with E-state index in [9.17, 15) is 18.5 Å². The molecule has 2 rings (SSSR count). The highest BCUT2D eigenvalue weighted by Crippen LogP contribution is 2.27. The maximum Gasteiger partial charge on any atom is 0.293 e. The minimum absolute atomic E-state index is 0.212. The first-order valence-electron chi connectivity index (χ1n) is 5.82. The van der Waals surface area contributed by atoms with Gasteiger partial charge in [-0.15, -0.1) is 0 Å². The highest BCUT2D eigenvalue weighted by Gasteiger charge is 2.18. The number of primary sulfonamides is 1. The fraction of sp³-hybridized carbons (Fsp3) is 0.0833. The second-order valence-electron chi connectivity index (χ2n) is 4.19. The van der Waals surface area contributed by atoms with E-state index in [0.29, 0.717) is 6.54 Å². The van der Waals surface area contributed by atoms with E-state index < -0.39 is 14.9 Å². The molecule has 8 nitrogen and oxygen atoms in total. The summed E-state index contributed by atoms with van der Waals surface area (Å²) in [5, 5.41) is 18.9. The van der Waals surface area contributed by atoms with E-state index in [1.807, 2.05) is 0 Å². The number of nitro groups is 1. The molecule has 0 saturated carbocycles. The number of nitro benzene ring substituents is 1. The molecule has 0 radical (unpaired) electrons. The fourth-order valence-corrected chi connectivity index (χ4v) is 2.22. The molecule has 0 bridgehead atoms. The van der Waals surface area contributed by atoms with E-state index in [4.69, 9.17) is 5.14 Å². The average molecular weight is 308 g/mol. The van der Waals surface area contributed by atoms with E-state index in [1.54, 1.807) is 24.5 Å². The fourth-order valence-electron chi connectivity index (χ4n) is 1.69. The first-order chi connectivity index (χ1) is 9.88. The standard InChI is InChI=1S/C12H12N4O4S/c13-21(19,20)10-1-2-11(12(7-10)16(17)18)15-8-9-3-5-14-6-4-9/h1-7,15H,8H2,(H2,13,19,20). The van der Waals surface area contributed by atoms with Crippen molar-refractivity contribution in [1.82, 2.24) is 4.98 Å². The number of hydrogen-bond donors (Lipinski definition) is 2. The van der Waals surface area contributed by atoms with Crippen molar-refractivity contribution in [2.45, 2.75) is 11.4 Å². The van der Waals surface area contributed by atoms with Crippen LogP contribution in [-0.4, -0.2) is 18.3 Å². The predicted molar refractivity (Wildman–Crippen MR) is 76.0 cm³/mol. The van der Waals surface area contributed by atoms with Gasteiger partial charge in [-0.3, -0.25) is 15.1 Å². The van der Waals surface area contributed by atoms with Crippen LogP contribution >= 0.6 is 0 Å². The number of rotatable bonds is 5. The van der Waals surface area contributed by atoms with Crippen molar-refractivity contribution < 1.29 is 13.3 Å². The molecule has 0 atom stereocenters. The summed E-state index contributed by atoms with van der Waals surface area (Å²) in [6.07, 6.45) is 3.21. The van der Waals surface area contributed by atoms with Crippen molar-refractivity contribution in [1.29, 1.82) is 0 Å². The van der Waals surface area contributed by atoms with E-state index in [2.05, 4.69) is 10.3 Å². The third kappa shape index (κ3) is 3.74. The van der Waals surface area contributed by atoms with Gasteiger partial charge in [-0.2, -0.15) is 0 Å². The highest BCUT2D eigenvalue weighted by atomic mass is 32.2. The lowest BCUT2D eigenvalue weighted by Gasteiger charge is -2.08. The van der Waals surface area contributed by atoms with E-state index >= 15 is 0 Å². The smallest absolute Gasteiger partial charge is 0.293 e. The summed E-state index contributed by atoms with van der Waals surface area (Å²) < 4.78 is 22.5. The van der Waals surface area contributed by atoms with Gasteiger partial charge in [0, 0.05) is 25.0 Å². The summed E-state index contributed by atoms with van der Waals surface area (Å²) in [5.41, 5.74) is 0.745. The van der Waals surface area contributed by atoms with Gasteiger partial charge in [0.1, 0.15) is 5.69 Å². The number of hydrogen-bond acceptors (Lipinski definition) is 6. The summed E-state index contributed by atoms with van der Waals surface area (Å²) in [4.78, 5) is 13.9. The number of anilines is 1. The molecule has 0 aliphatic carbocycles. The van der Waals surface area contributed by atoms with Crippen molar-refractivity contribution >= 4 is 21.4 Å². The summed E-state index contributed by atoms with van der Waals surface area (Å²) in [7, 11) is -3.98. The minimum atomic E-state index is -3.98. The molecule has 0 fully saturated rings. The van der Waals surface area contributed by atoms with Crippen LogP contribution in [0.5, 0.6) is 0 Å². The van der Waals surface area contributed by atoms with Crippen molar-refractivity contribution in [3.63, 3.8) is 0 Å². The maximum absolute atomic E-state index is 11.2. The van der Waals surface area contributed by atoms with Crippen LogP contribution in [0.15, 0.2) is 47.6 Å². The first kappa shape index (κ1) is 14.9. The molecule has 0 unspecified atom stereocenters. The van der Waals surface area contributed by atoms with Gasteiger partial charge in [0.25, 0.3) is 5.69 Å². The molecule has 110 valence electrons. The van der Waals surface area contributed by atoms with Gasteiger partial charge in [-0.1, -0.05) is 0 Å². The van der Waals surface area contributed by atoms with E-state index in [1.165, 1.54) is 12.1 Å². The zero-order valence-corrected chi connectivity index (χ0v) is 11.6. The van der Waals surface area contributed by atoms with Gasteiger partial charge >= 0.3 is 0 Å². The van der Waals surface area contributed by atoms with Crippen LogP contribution in [0.1, 0.15) is 5.56 Å². The van der Waals surface area contributed by atoms with Crippen LogP contribution in [0.25, 0.3) is 0 Å². The monoisotopic (exact) mass is 308 g/mol. The number of nitrogens with one attached hydrogen (secondary N) is 1. The van der Waals surface area contributed by atoms with Crippen LogP contribution in [-0.2, 0) is 16.6 Å². The molecular weight excluding hydrogens is 296 g/mol. The molecule has 2 aromatic rings. The zero-order valence-electron chi connectivity index (χ0n) is 10.8. The van der Waals surface area contributed by atoms with Gasteiger partial charge in [-0.25, -0.2) is 13.6 Å². The molecule has 1 aromatic carbocycles. The van der Waals surface area contributed by atoms with Crippen molar-refractivity contribution in [3.8, 4) is 0 Å². The molecule has 9 heteroatoms. The van der Waals surface area contributed by atoms with Crippen LogP contribution in [0, 0.1) is 10.1 Å². The van der Waals surface area contributed by atoms with Crippen molar-refractivity contribution in [2.75, 3.05) is 5.32 Å². The van der Waals surface area contributed by atoms with Crippen molar-refractivity contribution in [2.24, 2.45) is 5.14 Å². The molecule has 21 heavy (non-hydrogen) atoms. The first-order valence-corrected chi connectivity index (χ1v) is 7.36. The molecule has 0 spiro atoms. The maximum atomic E-state index is 11.2. The number of nitrogens with zero attached hydrogens (tertiary/aromatic N) is 2. The lowest BCUT2D eigenvalue weighted by Crippen LogP contribution is -2.13. The lowest BCUT2D eigenvalue weighted by atomic mass is 10.2. The third-order valence-electron chi connectivity index (χ3n) is 2.73. The number of sulfonamides is 1. The summed E-state index contributed by atoms with van der Waals surface area (Å²) in [6, 6.07) is 7.00. The van der Waals surface area contributed by atoms with E-state index in [-0.39, 0.29) is 16.3 Å². The quantitative estimate of drug-likeness (QED) is 0.632. The topological polar surface area (TPSA) is 128 Å². The van der Waals surface area contributed by atoms with Gasteiger partial charge < -0.3 is 5.32 Å². The van der Waals surface area contributed by atoms with Gasteiger partial charge in [0.2, 0.25) is 10.0 Å². The Balaban J connectivity index is 2.29. The van der Waals surface area contributed by atoms with Crippen LogP contribution < -0.4 is 10.5 Å². The average Bonchev–Trinajstić information content (AvgIpc) is 2.45. The van der Waals surface area contributed by atoms with E-state index in [0.717, 1.165) is 11.6 Å². The molecule has 0 amide bonds. The third-order valence-corrected chi connectivity index (χ3v) is 3.64. The van der Waals surface area contributed by atoms with Gasteiger partial charge in [0.15, 0.2) is 0 Å². The Bertz CT molecular complexity index is 762. The van der Waals surface area contributed by atoms with Crippen molar-refractivity contribution in [3.05, 3.63) is 58.4 Å². The number of benzene rings is 1. The Morgan fingerprint density at radius 2 is 1.90 bits per heavy atom. The molecule has 0 saturated heterocycles. The van der Waals surface area contributed by atoms with Gasteiger partial charge in [0.05, 0.1) is 9.82 Å². The highest BCUT2D eigenvalue weighted by molar-refractivity contribution is 7.89. The Hall–Kier alpha value is -2.52. The Labute approximate surface area is 120 Å². The zero-order chi connectivity index (χ0) is 15.5. The number of nitrogens with two attached hydrogens (primary N) is 1. The SMILES string of the molecule is NS(=O)(=O)c1ccc(NCc2ccncc2)c([N+](=O)[O-])c1. The van der Waals surface area contributed by atoms with Crippen LogP contribution in [0.3, 0.4) is 0 Å². The second kappa shape index (κ2) is 5.85. The lowest BCUT2D eigenvalue weighted by molar-refractivity contribution is -0.384. The molecule has 1 aromatic heterocycles. The predicted octanol–water partition coefficient (Wildman–Crippen LogP) is 1.25. The Morgan fingerprint density at radius 3 is 2.48 bits per heavy atom. The number of aromatic nitrogens is 1.